The lowest BCUT2D eigenvalue weighted by molar-refractivity contribution is -0.138. The Morgan fingerprint density at radius 3 is 2.68 bits per heavy atom. The zero-order valence-corrected chi connectivity index (χ0v) is 20.9. The van der Waals surface area contributed by atoms with Crippen LogP contribution in [-0.2, 0) is 25.7 Å². The van der Waals surface area contributed by atoms with Gasteiger partial charge in [-0.25, -0.2) is 4.79 Å². The molecule has 1 aromatic carbocycles. The van der Waals surface area contributed by atoms with Crippen molar-refractivity contribution in [1.29, 1.82) is 0 Å². The monoisotopic (exact) mass is 490 g/mol. The van der Waals surface area contributed by atoms with Crippen molar-refractivity contribution in [2.45, 2.75) is 51.8 Å². The molecule has 2 unspecified atom stereocenters. The summed E-state index contributed by atoms with van der Waals surface area (Å²) < 4.78 is 16.4. The number of ketones is 1. The lowest BCUT2D eigenvalue weighted by atomic mass is 10.1. The Morgan fingerprint density at radius 1 is 1.26 bits per heavy atom. The van der Waals surface area contributed by atoms with Crippen molar-refractivity contribution in [1.82, 2.24) is 10.2 Å². The Balaban J connectivity index is 1.78. The molecule has 1 aromatic rings. The van der Waals surface area contributed by atoms with Crippen LogP contribution in [0.3, 0.4) is 0 Å². The van der Waals surface area contributed by atoms with Crippen molar-refractivity contribution < 1.29 is 33.4 Å². The number of alkyl carbamates (subject to hydrolysis) is 1. The number of nitrogens with one attached hydrogen (secondary N) is 1. The maximum atomic E-state index is 12.2. The number of methoxy groups -OCH3 is 1. The zero-order valence-electron chi connectivity index (χ0n) is 19.8. The van der Waals surface area contributed by atoms with Gasteiger partial charge in [0.25, 0.3) is 0 Å². The van der Waals surface area contributed by atoms with Crippen molar-refractivity contribution in [3.8, 4) is 23.3 Å². The highest BCUT2D eigenvalue weighted by Gasteiger charge is 2.35. The van der Waals surface area contributed by atoms with Crippen LogP contribution in [0, 0.1) is 18.8 Å². The Kier molecular flexibility index (Phi) is 10.8. The van der Waals surface area contributed by atoms with Gasteiger partial charge in [-0.3, -0.25) is 19.3 Å². The summed E-state index contributed by atoms with van der Waals surface area (Å²) in [6.07, 6.45) is 0.534. The summed E-state index contributed by atoms with van der Waals surface area (Å²) in [4.78, 5) is 48.7. The van der Waals surface area contributed by atoms with E-state index in [0.29, 0.717) is 24.5 Å². The van der Waals surface area contributed by atoms with E-state index in [1.165, 1.54) is 7.11 Å². The van der Waals surface area contributed by atoms with Crippen molar-refractivity contribution in [2.24, 2.45) is 0 Å². The number of hydrogen-bond donors (Lipinski definition) is 1. The lowest BCUT2D eigenvalue weighted by Gasteiger charge is -2.16. The summed E-state index contributed by atoms with van der Waals surface area (Å²) in [7, 11) is 3.88. The molecule has 1 aliphatic heterocycles. The third-order valence-electron chi connectivity index (χ3n) is 5.13. The van der Waals surface area contributed by atoms with Crippen LogP contribution in [0.5, 0.6) is 11.5 Å². The van der Waals surface area contributed by atoms with Gasteiger partial charge < -0.3 is 19.5 Å². The van der Waals surface area contributed by atoms with Gasteiger partial charge in [0.05, 0.1) is 25.9 Å². The number of amides is 3. The highest BCUT2D eigenvalue weighted by Crippen LogP contribution is 2.33. The molecular formula is C24H31N2O7P. The fraction of sp³-hybridized carbons (Fsp3) is 0.500. The molecule has 2 rings (SSSR count). The second kappa shape index (κ2) is 13.6. The molecule has 3 amide bonds. The minimum absolute atomic E-state index is 0.0317. The van der Waals surface area contributed by atoms with Crippen molar-refractivity contribution in [3.05, 3.63) is 23.3 Å². The Bertz CT molecular complexity index is 984. The summed E-state index contributed by atoms with van der Waals surface area (Å²) in [6, 6.07) is 3.57. The van der Waals surface area contributed by atoms with Gasteiger partial charge in [-0.1, -0.05) is 5.92 Å². The van der Waals surface area contributed by atoms with Crippen molar-refractivity contribution in [2.75, 3.05) is 26.8 Å². The second-order valence-electron chi connectivity index (χ2n) is 7.74. The molecule has 1 saturated heterocycles. The quantitative estimate of drug-likeness (QED) is 0.207. The van der Waals surface area contributed by atoms with Crippen molar-refractivity contribution in [3.63, 3.8) is 0 Å². The Hall–Kier alpha value is -3.11. The number of imide groups is 1. The van der Waals surface area contributed by atoms with Gasteiger partial charge >= 0.3 is 6.09 Å². The molecule has 1 N–H and O–H groups in total. The molecule has 9 nitrogen and oxygen atoms in total. The number of nitrogens with zero attached hydrogens (tertiary/aromatic N) is 1. The molecular weight excluding hydrogens is 459 g/mol. The van der Waals surface area contributed by atoms with E-state index in [0.717, 1.165) is 16.0 Å². The first-order chi connectivity index (χ1) is 16.3. The molecule has 1 fully saturated rings. The number of carbonyl (C=O) groups excluding carboxylic acids is 4. The first kappa shape index (κ1) is 27.1. The fourth-order valence-electron chi connectivity index (χ4n) is 3.39. The van der Waals surface area contributed by atoms with Crippen LogP contribution < -0.4 is 14.8 Å². The second-order valence-corrected chi connectivity index (χ2v) is 8.54. The van der Waals surface area contributed by atoms with E-state index in [2.05, 4.69) is 26.4 Å². The van der Waals surface area contributed by atoms with E-state index < -0.39 is 6.09 Å². The maximum Gasteiger partial charge on any atom is 0.408 e. The molecule has 1 heterocycles. The van der Waals surface area contributed by atoms with E-state index >= 15 is 0 Å². The highest BCUT2D eigenvalue weighted by molar-refractivity contribution is 7.19. The Morgan fingerprint density at radius 2 is 2.03 bits per heavy atom. The van der Waals surface area contributed by atoms with Gasteiger partial charge in [0.15, 0.2) is 11.5 Å². The molecule has 0 radical (unpaired) electrons. The van der Waals surface area contributed by atoms with Gasteiger partial charge in [-0.05, 0) is 43.5 Å². The molecule has 1 aliphatic rings. The predicted molar refractivity (Wildman–Crippen MR) is 129 cm³/mol. The van der Waals surface area contributed by atoms with E-state index in [1.807, 2.05) is 13.0 Å². The number of Topliss-reactive ketones (excluding diaryl/α,β-unsaturated/α-hetero) is 1. The van der Waals surface area contributed by atoms with Crippen LogP contribution in [0.4, 0.5) is 4.79 Å². The topological polar surface area (TPSA) is 111 Å². The molecule has 0 spiro atoms. The van der Waals surface area contributed by atoms with Crippen LogP contribution in [0.1, 0.15) is 43.7 Å². The largest absolute Gasteiger partial charge is 0.493 e. The average Bonchev–Trinajstić information content (AvgIpc) is 3.05. The van der Waals surface area contributed by atoms with Crippen LogP contribution >= 0.6 is 9.24 Å². The third-order valence-corrected chi connectivity index (χ3v) is 5.65. The van der Waals surface area contributed by atoms with Crippen LogP contribution in [0.2, 0.25) is 0 Å². The first-order valence-corrected chi connectivity index (χ1v) is 11.7. The molecule has 0 aromatic heterocycles. The summed E-state index contributed by atoms with van der Waals surface area (Å²) in [5, 5.41) is 2.53. The zero-order chi connectivity index (χ0) is 25.1. The smallest absolute Gasteiger partial charge is 0.408 e. The summed E-state index contributed by atoms with van der Waals surface area (Å²) >= 11 is 0. The summed E-state index contributed by atoms with van der Waals surface area (Å²) in [6.45, 7) is 4.26. The number of benzene rings is 1. The molecule has 0 bridgehead atoms. The fourth-order valence-corrected chi connectivity index (χ4v) is 3.77. The SMILES string of the molecule is CC#CCNC(=O)OCc1cc(C)c(OCCCC(=O)CCN2C(=O)CC(P)C2=O)c(OC)c1. The summed E-state index contributed by atoms with van der Waals surface area (Å²) in [5.74, 6) is 5.95. The lowest BCUT2D eigenvalue weighted by Crippen LogP contribution is -2.32. The number of rotatable bonds is 12. The van der Waals surface area contributed by atoms with Gasteiger partial charge in [0.2, 0.25) is 11.8 Å². The normalized spacial score (nSPS) is 14.9. The van der Waals surface area contributed by atoms with Gasteiger partial charge in [0.1, 0.15) is 12.4 Å². The number of carbonyl (C=O) groups is 4. The predicted octanol–water partition coefficient (Wildman–Crippen LogP) is 2.37. The molecule has 10 heteroatoms. The number of ether oxygens (including phenoxy) is 3. The van der Waals surface area contributed by atoms with Crippen molar-refractivity contribution >= 4 is 32.9 Å². The van der Waals surface area contributed by atoms with Crippen LogP contribution in [-0.4, -0.2) is 61.1 Å². The van der Waals surface area contributed by atoms with E-state index in [1.54, 1.807) is 13.0 Å². The minimum Gasteiger partial charge on any atom is -0.493 e. The first-order valence-electron chi connectivity index (χ1n) is 11.0. The van der Waals surface area contributed by atoms with Gasteiger partial charge in [-0.2, -0.15) is 0 Å². The van der Waals surface area contributed by atoms with Gasteiger partial charge in [-0.15, -0.1) is 15.2 Å². The van der Waals surface area contributed by atoms with Crippen LogP contribution in [0.15, 0.2) is 12.1 Å². The minimum atomic E-state index is -0.559. The molecule has 184 valence electrons. The van der Waals surface area contributed by atoms with E-state index in [9.17, 15) is 19.2 Å². The summed E-state index contributed by atoms with van der Waals surface area (Å²) in [5.41, 5.74) is 1.16. The average molecular weight is 490 g/mol. The van der Waals surface area contributed by atoms with Crippen LogP contribution in [0.25, 0.3) is 0 Å². The molecule has 2 atom stereocenters. The standard InChI is InChI=1S/C24H31N2O7P/c1-4-5-9-25-24(30)33-15-17-12-16(2)22(19(13-17)31-3)32-11-6-7-18(27)8-10-26-21(28)14-20(34)23(26)29/h12-13,20H,6-11,14-15,34H2,1-3H3,(H,25,30). The highest BCUT2D eigenvalue weighted by atomic mass is 31.0. The number of hydrogen-bond acceptors (Lipinski definition) is 7. The Labute approximate surface area is 202 Å². The van der Waals surface area contributed by atoms with E-state index in [4.69, 9.17) is 14.2 Å². The molecule has 0 aliphatic carbocycles. The number of likely N-dealkylation sites (tertiary alicyclic amines) is 1. The molecule has 0 saturated carbocycles. The van der Waals surface area contributed by atoms with Gasteiger partial charge in [0, 0.05) is 25.8 Å². The maximum absolute atomic E-state index is 12.2. The number of aryl methyl sites for hydroxylation is 1. The third kappa shape index (κ3) is 8.03. The molecule has 34 heavy (non-hydrogen) atoms. The van der Waals surface area contributed by atoms with E-state index in [-0.39, 0.29) is 62.2 Å².